The molecule has 1 aliphatic carbocycles. The first kappa shape index (κ1) is 21.7. The van der Waals surface area contributed by atoms with E-state index in [0.717, 1.165) is 18.6 Å². The minimum Gasteiger partial charge on any atom is -0.547 e. The molecule has 0 amide bonds. The predicted octanol–water partition coefficient (Wildman–Crippen LogP) is 6.09. The molecule has 0 spiro atoms. The summed E-state index contributed by atoms with van der Waals surface area (Å²) in [5.74, 6) is 2.20. The Kier molecular flexibility index (Phi) is 6.62. The third kappa shape index (κ3) is 5.25. The summed E-state index contributed by atoms with van der Waals surface area (Å²) in [5, 5.41) is 9.70. The molecular weight excluding hydrogens is 352 g/mol. The van der Waals surface area contributed by atoms with Gasteiger partial charge in [-0.25, -0.2) is 0 Å². The molecule has 27 heavy (non-hydrogen) atoms. The van der Waals surface area contributed by atoms with Crippen LogP contribution in [0.1, 0.15) is 53.0 Å². The first-order valence-electron chi connectivity index (χ1n) is 10.2. The average molecular weight is 389 g/mol. The van der Waals surface area contributed by atoms with E-state index in [9.17, 15) is 9.90 Å². The summed E-state index contributed by atoms with van der Waals surface area (Å²) < 4.78 is 6.72. The van der Waals surface area contributed by atoms with Crippen LogP contribution in [-0.4, -0.2) is 19.2 Å². The highest BCUT2D eigenvalue weighted by molar-refractivity contribution is 6.74. The Labute approximate surface area is 166 Å². The Balaban J connectivity index is 2.32. The maximum Gasteiger partial charge on any atom is 0.250 e. The molecule has 0 aliphatic heterocycles. The molecular formula is C23H36O3Si. The lowest BCUT2D eigenvalue weighted by Gasteiger charge is -2.42. The van der Waals surface area contributed by atoms with Crippen LogP contribution in [0.2, 0.25) is 18.1 Å². The van der Waals surface area contributed by atoms with E-state index in [-0.39, 0.29) is 28.5 Å². The van der Waals surface area contributed by atoms with Crippen LogP contribution in [0.4, 0.5) is 0 Å². The van der Waals surface area contributed by atoms with Gasteiger partial charge in [0.05, 0.1) is 5.76 Å². The molecule has 1 N–H and O–H groups in total. The number of hydrogen-bond donors (Lipinski definition) is 1. The highest BCUT2D eigenvalue weighted by Gasteiger charge is 2.42. The van der Waals surface area contributed by atoms with E-state index in [1.165, 1.54) is 5.56 Å². The van der Waals surface area contributed by atoms with Gasteiger partial charge in [0.2, 0.25) is 8.32 Å². The van der Waals surface area contributed by atoms with Crippen LogP contribution in [0.5, 0.6) is 5.75 Å². The van der Waals surface area contributed by atoms with Crippen LogP contribution in [0.3, 0.4) is 0 Å². The lowest BCUT2D eigenvalue weighted by molar-refractivity contribution is -0.124. The highest BCUT2D eigenvalue weighted by atomic mass is 28.4. The zero-order chi connectivity index (χ0) is 20.4. The molecule has 3 nitrogen and oxygen atoms in total. The molecule has 2 rings (SSSR count). The van der Waals surface area contributed by atoms with Gasteiger partial charge in [-0.2, -0.15) is 0 Å². The number of ketones is 1. The lowest BCUT2D eigenvalue weighted by atomic mass is 9.74. The number of Topliss-reactive ketones (excluding diaryl/α,β-unsaturated/α-hetero) is 1. The second-order valence-electron chi connectivity index (χ2n) is 9.52. The maximum absolute atomic E-state index is 12.5. The number of hydrogen-bond acceptors (Lipinski definition) is 3. The minimum atomic E-state index is -1.94. The predicted molar refractivity (Wildman–Crippen MR) is 114 cm³/mol. The van der Waals surface area contributed by atoms with Gasteiger partial charge in [-0.05, 0) is 60.7 Å². The summed E-state index contributed by atoms with van der Waals surface area (Å²) in [6.07, 6.45) is 4.48. The molecule has 0 aromatic heterocycles. The summed E-state index contributed by atoms with van der Waals surface area (Å²) in [5.41, 5.74) is 1.17. The zero-order valence-corrected chi connectivity index (χ0v) is 19.0. The van der Waals surface area contributed by atoms with Gasteiger partial charge in [0.15, 0.2) is 0 Å². The normalized spacial score (nSPS) is 23.7. The van der Waals surface area contributed by atoms with E-state index < -0.39 is 8.32 Å². The van der Waals surface area contributed by atoms with Crippen molar-refractivity contribution in [3.63, 3.8) is 0 Å². The molecule has 1 aromatic carbocycles. The molecule has 0 bridgehead atoms. The second-order valence-corrected chi connectivity index (χ2v) is 14.2. The standard InChI is InChI=1S/C23H36O3Si/c1-8-21(25)20-15-18(14-17-9-11-19(24)12-10-17)22(13-16(20)2)26-27(6,7)23(3,4)5/h9-13,16,18,20,24H,8,14-15H2,1-7H3/t16-,18-,20+/m0/s1. The smallest absolute Gasteiger partial charge is 0.250 e. The molecule has 0 unspecified atom stereocenters. The van der Waals surface area contributed by atoms with Gasteiger partial charge >= 0.3 is 0 Å². The third-order valence-electron chi connectivity index (χ3n) is 6.36. The Morgan fingerprint density at radius 3 is 2.33 bits per heavy atom. The molecule has 0 radical (unpaired) electrons. The van der Waals surface area contributed by atoms with Crippen LogP contribution in [0.15, 0.2) is 36.1 Å². The summed E-state index contributed by atoms with van der Waals surface area (Å²) in [7, 11) is -1.94. The molecule has 1 aliphatic rings. The molecule has 0 fully saturated rings. The van der Waals surface area contributed by atoms with Crippen LogP contribution in [-0.2, 0) is 15.6 Å². The first-order chi connectivity index (χ1) is 12.4. The zero-order valence-electron chi connectivity index (χ0n) is 18.0. The van der Waals surface area contributed by atoms with Gasteiger partial charge in [0.25, 0.3) is 0 Å². The number of carbonyl (C=O) groups is 1. The van der Waals surface area contributed by atoms with Crippen molar-refractivity contribution in [2.75, 3.05) is 0 Å². The number of phenols is 1. The number of aromatic hydroxyl groups is 1. The Morgan fingerprint density at radius 2 is 1.81 bits per heavy atom. The largest absolute Gasteiger partial charge is 0.547 e. The SMILES string of the molecule is CCC(=O)[C@@H]1C[C@H](Cc2ccc(O)cc2)C(O[Si](C)(C)C(C)(C)C)=C[C@@H]1C. The lowest BCUT2D eigenvalue weighted by Crippen LogP contribution is -2.42. The minimum absolute atomic E-state index is 0.0730. The number of carbonyl (C=O) groups excluding carboxylic acids is 1. The van der Waals surface area contributed by atoms with E-state index in [1.807, 2.05) is 19.1 Å². The average Bonchev–Trinajstić information content (AvgIpc) is 2.57. The number of rotatable bonds is 6. The van der Waals surface area contributed by atoms with Gasteiger partial charge in [0, 0.05) is 18.3 Å². The molecule has 1 aromatic rings. The van der Waals surface area contributed by atoms with E-state index in [4.69, 9.17) is 4.43 Å². The van der Waals surface area contributed by atoms with Crippen LogP contribution in [0, 0.1) is 17.8 Å². The van der Waals surface area contributed by atoms with Crippen LogP contribution >= 0.6 is 0 Å². The van der Waals surface area contributed by atoms with Gasteiger partial charge in [-0.15, -0.1) is 0 Å². The third-order valence-corrected chi connectivity index (χ3v) is 10.7. The Morgan fingerprint density at radius 1 is 1.22 bits per heavy atom. The monoisotopic (exact) mass is 388 g/mol. The summed E-state index contributed by atoms with van der Waals surface area (Å²) in [4.78, 5) is 12.5. The topological polar surface area (TPSA) is 46.5 Å². The Bertz CT molecular complexity index is 683. The van der Waals surface area contributed by atoms with Crippen molar-refractivity contribution in [1.82, 2.24) is 0 Å². The summed E-state index contributed by atoms with van der Waals surface area (Å²) in [6.45, 7) is 15.4. The van der Waals surface area contributed by atoms with Gasteiger partial charge < -0.3 is 9.53 Å². The van der Waals surface area contributed by atoms with Gasteiger partial charge in [0.1, 0.15) is 11.5 Å². The highest BCUT2D eigenvalue weighted by Crippen LogP contribution is 2.43. The fourth-order valence-corrected chi connectivity index (χ4v) is 4.63. The van der Waals surface area contributed by atoms with Crippen molar-refractivity contribution in [2.24, 2.45) is 17.8 Å². The number of benzene rings is 1. The van der Waals surface area contributed by atoms with E-state index in [0.29, 0.717) is 12.2 Å². The van der Waals surface area contributed by atoms with Gasteiger partial charge in [-0.3, -0.25) is 4.79 Å². The van der Waals surface area contributed by atoms with Crippen molar-refractivity contribution >= 4 is 14.1 Å². The molecule has 0 saturated carbocycles. The summed E-state index contributed by atoms with van der Waals surface area (Å²) >= 11 is 0. The maximum atomic E-state index is 12.5. The molecule has 3 atom stereocenters. The van der Waals surface area contributed by atoms with Gasteiger partial charge in [-0.1, -0.05) is 46.8 Å². The van der Waals surface area contributed by atoms with Crippen molar-refractivity contribution in [3.05, 3.63) is 41.7 Å². The second kappa shape index (κ2) is 8.22. The van der Waals surface area contributed by atoms with E-state index in [2.05, 4.69) is 46.9 Å². The number of phenolic OH excluding ortho intramolecular Hbond substituents is 1. The summed E-state index contributed by atoms with van der Waals surface area (Å²) in [6, 6.07) is 7.39. The molecule has 0 heterocycles. The fraction of sp³-hybridized carbons (Fsp3) is 0.609. The fourth-order valence-electron chi connectivity index (χ4n) is 3.50. The van der Waals surface area contributed by atoms with Crippen molar-refractivity contribution in [3.8, 4) is 5.75 Å². The Hall–Kier alpha value is -1.55. The number of allylic oxidation sites excluding steroid dienone is 2. The van der Waals surface area contributed by atoms with E-state index in [1.54, 1.807) is 12.1 Å². The van der Waals surface area contributed by atoms with Crippen LogP contribution in [0.25, 0.3) is 0 Å². The van der Waals surface area contributed by atoms with Crippen LogP contribution < -0.4 is 0 Å². The van der Waals surface area contributed by atoms with Crippen molar-refractivity contribution < 1.29 is 14.3 Å². The van der Waals surface area contributed by atoms with Crippen molar-refractivity contribution in [1.29, 1.82) is 0 Å². The first-order valence-corrected chi connectivity index (χ1v) is 13.1. The molecule has 0 saturated heterocycles. The molecule has 4 heteroatoms. The molecule has 150 valence electrons. The van der Waals surface area contributed by atoms with E-state index >= 15 is 0 Å². The quantitative estimate of drug-likeness (QED) is 0.600. The van der Waals surface area contributed by atoms with Crippen molar-refractivity contribution in [2.45, 2.75) is 72.0 Å².